The summed E-state index contributed by atoms with van der Waals surface area (Å²) in [4.78, 5) is 4.17. The van der Waals surface area contributed by atoms with Crippen molar-refractivity contribution in [1.29, 1.82) is 0 Å². The lowest BCUT2D eigenvalue weighted by Gasteiger charge is -2.16. The second-order valence-electron chi connectivity index (χ2n) is 4.54. The number of rotatable bonds is 4. The molecule has 1 unspecified atom stereocenters. The van der Waals surface area contributed by atoms with Gasteiger partial charge < -0.3 is 9.26 Å². The first kappa shape index (κ1) is 14.5. The number of hydrogen-bond donors (Lipinski definition) is 0. The van der Waals surface area contributed by atoms with E-state index in [-0.39, 0.29) is 17.5 Å². The normalized spacial score (nSPS) is 19.8. The van der Waals surface area contributed by atoms with Crippen LogP contribution in [0.15, 0.2) is 44.7 Å². The van der Waals surface area contributed by atoms with Crippen LogP contribution in [0.2, 0.25) is 0 Å². The molecule has 0 radical (unpaired) electrons. The van der Waals surface area contributed by atoms with Crippen molar-refractivity contribution in [2.45, 2.75) is 17.4 Å². The third kappa shape index (κ3) is 2.94. The van der Waals surface area contributed by atoms with Crippen LogP contribution in [0.5, 0.6) is 5.88 Å². The first-order valence-corrected chi connectivity index (χ1v) is 8.47. The van der Waals surface area contributed by atoms with Gasteiger partial charge in [0.2, 0.25) is 15.9 Å². The van der Waals surface area contributed by atoms with Gasteiger partial charge >= 0.3 is 0 Å². The van der Waals surface area contributed by atoms with Gasteiger partial charge in [0.1, 0.15) is 17.3 Å². The van der Waals surface area contributed by atoms with Crippen molar-refractivity contribution in [2.75, 3.05) is 13.1 Å². The maximum absolute atomic E-state index is 12.3. The Kier molecular flexibility index (Phi) is 3.96. The first-order valence-electron chi connectivity index (χ1n) is 6.24. The SMILES string of the molecule is O=S(=O)(c1cnoc1)N1CCC(Oc2ncccc2Br)C1. The molecule has 7 nitrogen and oxygen atoms in total. The number of nitrogens with zero attached hydrogens (tertiary/aromatic N) is 3. The van der Waals surface area contributed by atoms with Crippen LogP contribution < -0.4 is 4.74 Å². The second-order valence-corrected chi connectivity index (χ2v) is 7.33. The van der Waals surface area contributed by atoms with Crippen LogP contribution in [0.4, 0.5) is 0 Å². The van der Waals surface area contributed by atoms with E-state index in [4.69, 9.17) is 4.74 Å². The van der Waals surface area contributed by atoms with E-state index in [1.165, 1.54) is 10.5 Å². The first-order chi connectivity index (χ1) is 10.1. The van der Waals surface area contributed by atoms with Crippen LogP contribution in [0, 0.1) is 0 Å². The van der Waals surface area contributed by atoms with Crippen molar-refractivity contribution in [3.63, 3.8) is 0 Å². The molecule has 1 aliphatic heterocycles. The molecule has 0 amide bonds. The molecular weight excluding hydrogens is 362 g/mol. The third-order valence-corrected chi connectivity index (χ3v) is 5.57. The minimum atomic E-state index is -3.57. The molecule has 1 atom stereocenters. The third-order valence-electron chi connectivity index (χ3n) is 3.16. The molecule has 21 heavy (non-hydrogen) atoms. The van der Waals surface area contributed by atoms with Gasteiger partial charge in [-0.2, -0.15) is 4.31 Å². The van der Waals surface area contributed by atoms with Gasteiger partial charge in [0.25, 0.3) is 0 Å². The highest BCUT2D eigenvalue weighted by molar-refractivity contribution is 9.10. The van der Waals surface area contributed by atoms with E-state index in [2.05, 4.69) is 30.6 Å². The summed E-state index contributed by atoms with van der Waals surface area (Å²) in [6.07, 6.45) is 4.32. The van der Waals surface area contributed by atoms with Crippen LogP contribution in [0.3, 0.4) is 0 Å². The lowest BCUT2D eigenvalue weighted by Crippen LogP contribution is -2.31. The van der Waals surface area contributed by atoms with Crippen LogP contribution in [-0.2, 0) is 10.0 Å². The van der Waals surface area contributed by atoms with E-state index >= 15 is 0 Å². The zero-order chi connectivity index (χ0) is 14.9. The van der Waals surface area contributed by atoms with Crippen molar-refractivity contribution in [2.24, 2.45) is 0 Å². The van der Waals surface area contributed by atoms with Gasteiger partial charge in [0.15, 0.2) is 0 Å². The fraction of sp³-hybridized carbons (Fsp3) is 0.333. The summed E-state index contributed by atoms with van der Waals surface area (Å²) >= 11 is 3.35. The number of aromatic nitrogens is 2. The van der Waals surface area contributed by atoms with E-state index in [9.17, 15) is 8.42 Å². The van der Waals surface area contributed by atoms with Gasteiger partial charge in [-0.1, -0.05) is 5.16 Å². The van der Waals surface area contributed by atoms with Crippen LogP contribution >= 0.6 is 15.9 Å². The van der Waals surface area contributed by atoms with Crippen molar-refractivity contribution in [3.05, 3.63) is 35.3 Å². The highest BCUT2D eigenvalue weighted by Gasteiger charge is 2.34. The van der Waals surface area contributed by atoms with E-state index in [0.29, 0.717) is 18.8 Å². The summed E-state index contributed by atoms with van der Waals surface area (Å²) in [6.45, 7) is 0.666. The molecule has 0 N–H and O–H groups in total. The van der Waals surface area contributed by atoms with Crippen molar-refractivity contribution in [3.8, 4) is 5.88 Å². The summed E-state index contributed by atoms with van der Waals surface area (Å²) in [6, 6.07) is 3.61. The zero-order valence-corrected chi connectivity index (χ0v) is 13.2. The Balaban J connectivity index is 1.70. The minimum Gasteiger partial charge on any atom is -0.472 e. The lowest BCUT2D eigenvalue weighted by atomic mass is 10.3. The average Bonchev–Trinajstić information content (AvgIpc) is 3.12. The molecule has 2 aromatic rings. The summed E-state index contributed by atoms with van der Waals surface area (Å²) in [7, 11) is -3.57. The number of hydrogen-bond acceptors (Lipinski definition) is 6. The molecule has 3 rings (SSSR count). The quantitative estimate of drug-likeness (QED) is 0.810. The smallest absolute Gasteiger partial charge is 0.248 e. The fourth-order valence-electron chi connectivity index (χ4n) is 2.10. The molecule has 0 spiro atoms. The summed E-state index contributed by atoms with van der Waals surface area (Å²) in [5.41, 5.74) is 0. The minimum absolute atomic E-state index is 0.0576. The topological polar surface area (TPSA) is 85.5 Å². The molecule has 1 fully saturated rings. The zero-order valence-electron chi connectivity index (χ0n) is 10.8. The molecule has 0 aromatic carbocycles. The Hall–Kier alpha value is -1.45. The molecule has 2 aromatic heterocycles. The Labute approximate surface area is 130 Å². The predicted molar refractivity (Wildman–Crippen MR) is 76.2 cm³/mol. The lowest BCUT2D eigenvalue weighted by molar-refractivity contribution is 0.205. The van der Waals surface area contributed by atoms with Gasteiger partial charge in [-0.05, 0) is 34.5 Å². The second kappa shape index (κ2) is 5.74. The molecule has 1 saturated heterocycles. The summed E-state index contributed by atoms with van der Waals surface area (Å²) in [5, 5.41) is 3.43. The van der Waals surface area contributed by atoms with Gasteiger partial charge in [0, 0.05) is 12.7 Å². The van der Waals surface area contributed by atoms with Gasteiger partial charge in [0.05, 0.1) is 17.2 Å². The average molecular weight is 374 g/mol. The number of pyridine rings is 1. The van der Waals surface area contributed by atoms with Crippen LogP contribution in [-0.4, -0.2) is 42.1 Å². The van der Waals surface area contributed by atoms with Gasteiger partial charge in [-0.15, -0.1) is 0 Å². The maximum Gasteiger partial charge on any atom is 0.248 e. The predicted octanol–water partition coefficient (Wildman–Crippen LogP) is 1.67. The number of ether oxygens (including phenoxy) is 1. The summed E-state index contributed by atoms with van der Waals surface area (Å²) in [5.74, 6) is 0.465. The van der Waals surface area contributed by atoms with Crippen LogP contribution in [0.25, 0.3) is 0 Å². The maximum atomic E-state index is 12.3. The molecule has 0 aliphatic carbocycles. The molecule has 0 saturated carbocycles. The fourth-order valence-corrected chi connectivity index (χ4v) is 3.80. The Bertz CT molecular complexity index is 720. The van der Waals surface area contributed by atoms with Gasteiger partial charge in [-0.3, -0.25) is 0 Å². The molecule has 112 valence electrons. The molecule has 1 aliphatic rings. The molecule has 3 heterocycles. The Morgan fingerprint density at radius 3 is 3.05 bits per heavy atom. The van der Waals surface area contributed by atoms with Crippen molar-refractivity contribution >= 4 is 26.0 Å². The van der Waals surface area contributed by atoms with E-state index < -0.39 is 10.0 Å². The van der Waals surface area contributed by atoms with E-state index in [1.54, 1.807) is 12.3 Å². The Morgan fingerprint density at radius 1 is 1.48 bits per heavy atom. The highest BCUT2D eigenvalue weighted by Crippen LogP contribution is 2.26. The van der Waals surface area contributed by atoms with Gasteiger partial charge in [-0.25, -0.2) is 13.4 Å². The molecule has 9 heteroatoms. The summed E-state index contributed by atoms with van der Waals surface area (Å²) < 4.78 is 37.1. The largest absolute Gasteiger partial charge is 0.472 e. The number of halogens is 1. The van der Waals surface area contributed by atoms with Crippen molar-refractivity contribution < 1.29 is 17.7 Å². The van der Waals surface area contributed by atoms with E-state index in [0.717, 1.165) is 10.7 Å². The molecular formula is C12H12BrN3O4S. The monoisotopic (exact) mass is 373 g/mol. The highest BCUT2D eigenvalue weighted by atomic mass is 79.9. The van der Waals surface area contributed by atoms with Crippen LogP contribution in [0.1, 0.15) is 6.42 Å². The Morgan fingerprint density at radius 2 is 2.33 bits per heavy atom. The standard InChI is InChI=1S/C12H12BrN3O4S/c13-11-2-1-4-14-12(11)20-9-3-5-16(7-9)21(17,18)10-6-15-19-8-10/h1-2,4,6,8-9H,3,5,7H2. The number of sulfonamides is 1. The van der Waals surface area contributed by atoms with E-state index in [1.807, 2.05) is 6.07 Å². The molecule has 0 bridgehead atoms. The van der Waals surface area contributed by atoms with Crippen molar-refractivity contribution in [1.82, 2.24) is 14.4 Å².